The van der Waals surface area contributed by atoms with E-state index in [1.165, 1.54) is 205 Å². The molecule has 0 rings (SSSR count). The number of rotatable bonds is 74. The molecule has 94 heavy (non-hydrogen) atoms. The Labute approximate surface area is 575 Å². The number of hydrogen-bond acceptors (Lipinski definition) is 15. The Balaban J connectivity index is 5.26. The van der Waals surface area contributed by atoms with Gasteiger partial charge in [0.2, 0.25) is 0 Å². The third-order valence-corrected chi connectivity index (χ3v) is 19.7. The van der Waals surface area contributed by atoms with Gasteiger partial charge in [0.25, 0.3) is 0 Å². The number of carbonyl (C=O) groups excluding carboxylic acids is 4. The molecule has 558 valence electrons. The van der Waals surface area contributed by atoms with E-state index in [0.717, 1.165) is 102 Å². The Morgan fingerprint density at radius 2 is 0.543 bits per heavy atom. The molecule has 0 spiro atoms. The van der Waals surface area contributed by atoms with Crippen molar-refractivity contribution in [3.05, 3.63) is 0 Å². The lowest BCUT2D eigenvalue weighted by Gasteiger charge is -2.21. The Morgan fingerprint density at radius 3 is 0.809 bits per heavy atom. The predicted molar refractivity (Wildman–Crippen MR) is 381 cm³/mol. The average molecular weight is 1380 g/mol. The summed E-state index contributed by atoms with van der Waals surface area (Å²) < 4.78 is 68.5. The Bertz CT molecular complexity index is 1820. The number of ether oxygens (including phenoxy) is 4. The van der Waals surface area contributed by atoms with Crippen molar-refractivity contribution in [2.75, 3.05) is 39.6 Å². The lowest BCUT2D eigenvalue weighted by molar-refractivity contribution is -0.161. The van der Waals surface area contributed by atoms with E-state index >= 15 is 0 Å². The first-order valence-electron chi connectivity index (χ1n) is 39.0. The van der Waals surface area contributed by atoms with Crippen LogP contribution in [-0.4, -0.2) is 96.7 Å². The van der Waals surface area contributed by atoms with E-state index in [1.54, 1.807) is 0 Å². The van der Waals surface area contributed by atoms with E-state index in [4.69, 9.17) is 37.0 Å². The van der Waals surface area contributed by atoms with Gasteiger partial charge in [0.1, 0.15) is 19.3 Å². The molecule has 0 aliphatic carbocycles. The molecule has 0 heterocycles. The smallest absolute Gasteiger partial charge is 0.462 e. The summed E-state index contributed by atoms with van der Waals surface area (Å²) in [5.41, 5.74) is 0. The molecule has 0 bridgehead atoms. The van der Waals surface area contributed by atoms with Gasteiger partial charge in [-0.05, 0) is 37.5 Å². The first-order chi connectivity index (χ1) is 45.4. The van der Waals surface area contributed by atoms with Gasteiger partial charge in [-0.3, -0.25) is 37.3 Å². The molecule has 0 saturated carbocycles. The summed E-state index contributed by atoms with van der Waals surface area (Å²) >= 11 is 0. The molecule has 0 aromatic carbocycles. The quantitative estimate of drug-likeness (QED) is 0.0222. The van der Waals surface area contributed by atoms with E-state index in [1.807, 2.05) is 0 Å². The maximum Gasteiger partial charge on any atom is 0.472 e. The molecule has 19 heteroatoms. The van der Waals surface area contributed by atoms with Gasteiger partial charge >= 0.3 is 39.5 Å². The number of hydrogen-bond donors (Lipinski definition) is 3. The van der Waals surface area contributed by atoms with Gasteiger partial charge in [-0.2, -0.15) is 0 Å². The number of carbonyl (C=O) groups is 4. The lowest BCUT2D eigenvalue weighted by atomic mass is 9.99. The van der Waals surface area contributed by atoms with E-state index in [0.29, 0.717) is 25.7 Å². The molecule has 0 aromatic heterocycles. The van der Waals surface area contributed by atoms with Gasteiger partial charge in [0.15, 0.2) is 12.2 Å². The fraction of sp³-hybridized carbons (Fsp3) is 0.947. The maximum absolute atomic E-state index is 13.1. The normalized spacial score (nSPS) is 14.3. The van der Waals surface area contributed by atoms with E-state index in [9.17, 15) is 43.2 Å². The second-order valence-electron chi connectivity index (χ2n) is 27.8. The first kappa shape index (κ1) is 92.1. The van der Waals surface area contributed by atoms with Crippen LogP contribution in [0.15, 0.2) is 0 Å². The zero-order valence-corrected chi connectivity index (χ0v) is 63.1. The second kappa shape index (κ2) is 66.9. The standard InChI is InChI=1S/C75H146O17P2/c1-7-10-12-14-16-18-20-21-22-23-24-26-35-41-47-53-59-74(79)91-70(64-86-73(78)58-52-46-40-34-30-28-32-38-44-50-56-68(6)9-3)65-89-93(81,82)87-61-69(76)62-88-94(83,84)90-66-71(63-85-72(77)57-51-45-39-33-25-19-17-15-13-11-8-2)92-75(80)60-54-48-42-36-29-27-31-37-43-49-55-67(4)5/h67-71,76H,7-66H2,1-6H3,(H,81,82)(H,83,84)/t68?,69-,70-,71-/m1/s1. The maximum atomic E-state index is 13.1. The number of aliphatic hydroxyl groups is 1. The molecule has 0 amide bonds. The summed E-state index contributed by atoms with van der Waals surface area (Å²) in [6.07, 6.45) is 53.9. The zero-order valence-electron chi connectivity index (χ0n) is 61.3. The van der Waals surface area contributed by atoms with Crippen molar-refractivity contribution in [1.29, 1.82) is 0 Å². The van der Waals surface area contributed by atoms with Crippen molar-refractivity contribution >= 4 is 39.5 Å². The van der Waals surface area contributed by atoms with Crippen LogP contribution < -0.4 is 0 Å². The van der Waals surface area contributed by atoms with Crippen LogP contribution in [0.25, 0.3) is 0 Å². The minimum atomic E-state index is -4.96. The van der Waals surface area contributed by atoms with Gasteiger partial charge in [-0.15, -0.1) is 0 Å². The largest absolute Gasteiger partial charge is 0.472 e. The molecule has 3 N–H and O–H groups in total. The predicted octanol–water partition coefficient (Wildman–Crippen LogP) is 21.9. The molecular formula is C75H146O17P2. The summed E-state index contributed by atoms with van der Waals surface area (Å²) in [6, 6.07) is 0. The van der Waals surface area contributed by atoms with Crippen molar-refractivity contribution in [3.63, 3.8) is 0 Å². The molecule has 0 aliphatic rings. The van der Waals surface area contributed by atoms with Crippen LogP contribution in [0, 0.1) is 11.8 Å². The lowest BCUT2D eigenvalue weighted by Crippen LogP contribution is -2.30. The highest BCUT2D eigenvalue weighted by atomic mass is 31.2. The number of phosphoric acid groups is 2. The summed E-state index contributed by atoms with van der Waals surface area (Å²) in [4.78, 5) is 72.8. The minimum absolute atomic E-state index is 0.106. The summed E-state index contributed by atoms with van der Waals surface area (Å²) in [7, 11) is -9.91. The molecule has 0 saturated heterocycles. The Kier molecular flexibility index (Phi) is 65.5. The Morgan fingerprint density at radius 1 is 0.309 bits per heavy atom. The summed E-state index contributed by atoms with van der Waals surface area (Å²) in [5, 5.41) is 10.6. The minimum Gasteiger partial charge on any atom is -0.462 e. The molecular weight excluding hydrogens is 1230 g/mol. The zero-order chi connectivity index (χ0) is 69.3. The van der Waals surface area contributed by atoms with E-state index in [-0.39, 0.29) is 25.7 Å². The van der Waals surface area contributed by atoms with Crippen LogP contribution in [0.5, 0.6) is 0 Å². The molecule has 0 aliphatic heterocycles. The van der Waals surface area contributed by atoms with E-state index in [2.05, 4.69) is 41.5 Å². The number of unbranched alkanes of at least 4 members (excludes halogenated alkanes) is 43. The Hall–Kier alpha value is -1.94. The van der Waals surface area contributed by atoms with Gasteiger partial charge < -0.3 is 33.8 Å². The highest BCUT2D eigenvalue weighted by Crippen LogP contribution is 2.45. The van der Waals surface area contributed by atoms with E-state index < -0.39 is 97.5 Å². The molecule has 0 aromatic rings. The van der Waals surface area contributed by atoms with Gasteiger partial charge in [-0.1, -0.05) is 337 Å². The van der Waals surface area contributed by atoms with Crippen LogP contribution in [0.3, 0.4) is 0 Å². The van der Waals surface area contributed by atoms with Crippen molar-refractivity contribution in [2.45, 2.75) is 407 Å². The topological polar surface area (TPSA) is 237 Å². The fourth-order valence-electron chi connectivity index (χ4n) is 11.4. The third kappa shape index (κ3) is 67.3. The molecule has 0 radical (unpaired) electrons. The van der Waals surface area contributed by atoms with Crippen molar-refractivity contribution in [3.8, 4) is 0 Å². The summed E-state index contributed by atoms with van der Waals surface area (Å²) in [5.74, 6) is -0.553. The average Bonchev–Trinajstić information content (AvgIpc) is 2.76. The van der Waals surface area contributed by atoms with Crippen molar-refractivity contribution < 1.29 is 80.2 Å². The third-order valence-electron chi connectivity index (χ3n) is 17.8. The van der Waals surface area contributed by atoms with Crippen LogP contribution in [0.4, 0.5) is 0 Å². The molecule has 0 fully saturated rings. The second-order valence-corrected chi connectivity index (χ2v) is 30.7. The summed E-state index contributed by atoms with van der Waals surface area (Å²) in [6.45, 7) is 9.61. The number of aliphatic hydroxyl groups excluding tert-OH is 1. The number of esters is 4. The highest BCUT2D eigenvalue weighted by Gasteiger charge is 2.30. The molecule has 17 nitrogen and oxygen atoms in total. The first-order valence-corrected chi connectivity index (χ1v) is 42.0. The van der Waals surface area contributed by atoms with Crippen molar-refractivity contribution in [2.24, 2.45) is 11.8 Å². The molecule has 3 unspecified atom stereocenters. The monoisotopic (exact) mass is 1380 g/mol. The fourth-order valence-corrected chi connectivity index (χ4v) is 13.0. The van der Waals surface area contributed by atoms with Gasteiger partial charge in [0, 0.05) is 25.7 Å². The van der Waals surface area contributed by atoms with Crippen molar-refractivity contribution in [1.82, 2.24) is 0 Å². The SMILES string of the molecule is CCCCCCCCCCCCCCCCCCC(=O)O[C@H](COC(=O)CCCCCCCCCCCCC(C)CC)COP(=O)(O)OC[C@@H](O)COP(=O)(O)OC[C@@H](COC(=O)CCCCCCCCCCCCC)OC(=O)CCCCCCCCCCCCC(C)C. The van der Waals surface area contributed by atoms with Crippen LogP contribution in [0.1, 0.15) is 388 Å². The van der Waals surface area contributed by atoms with Gasteiger partial charge in [-0.25, -0.2) is 9.13 Å². The van der Waals surface area contributed by atoms with Crippen LogP contribution in [-0.2, 0) is 65.4 Å². The highest BCUT2D eigenvalue weighted by molar-refractivity contribution is 7.47. The van der Waals surface area contributed by atoms with Crippen LogP contribution in [0.2, 0.25) is 0 Å². The molecule has 6 atom stereocenters. The van der Waals surface area contributed by atoms with Crippen LogP contribution >= 0.6 is 15.6 Å². The van der Waals surface area contributed by atoms with Gasteiger partial charge in [0.05, 0.1) is 26.4 Å². The number of phosphoric ester groups is 2.